The summed E-state index contributed by atoms with van der Waals surface area (Å²) in [4.78, 5) is 6.98. The van der Waals surface area contributed by atoms with Crippen molar-refractivity contribution in [3.63, 3.8) is 0 Å². The van der Waals surface area contributed by atoms with Gasteiger partial charge >= 0.3 is 0 Å². The van der Waals surface area contributed by atoms with Crippen LogP contribution >= 0.6 is 0 Å². The normalized spacial score (nSPS) is 34.7. The lowest BCUT2D eigenvalue weighted by molar-refractivity contribution is 0.329. The Bertz CT molecular complexity index is 438. The van der Waals surface area contributed by atoms with Crippen molar-refractivity contribution in [1.82, 2.24) is 15.5 Å². The zero-order valence-corrected chi connectivity index (χ0v) is 11.3. The maximum Gasteiger partial charge on any atom is 0.266 e. The highest BCUT2D eigenvalue weighted by atomic mass is 16.5. The summed E-state index contributed by atoms with van der Waals surface area (Å²) < 4.78 is 5.55. The Kier molecular flexibility index (Phi) is 2.94. The minimum atomic E-state index is 0.451. The van der Waals surface area contributed by atoms with E-state index in [4.69, 9.17) is 4.52 Å². The molecule has 0 amide bonds. The first-order valence-electron chi connectivity index (χ1n) is 7.75. The van der Waals surface area contributed by atoms with E-state index in [2.05, 4.69) is 20.4 Å². The zero-order chi connectivity index (χ0) is 12.7. The van der Waals surface area contributed by atoms with E-state index in [0.29, 0.717) is 18.0 Å². The molecule has 3 fully saturated rings. The average molecular weight is 262 g/mol. The van der Waals surface area contributed by atoms with Gasteiger partial charge in [-0.05, 0) is 37.3 Å². The highest BCUT2D eigenvalue weighted by molar-refractivity contribution is 5.29. The summed E-state index contributed by atoms with van der Waals surface area (Å²) in [6.07, 6.45) is 8.91. The van der Waals surface area contributed by atoms with Crippen molar-refractivity contribution < 1.29 is 4.52 Å². The van der Waals surface area contributed by atoms with E-state index in [1.807, 2.05) is 0 Å². The van der Waals surface area contributed by atoms with Crippen LogP contribution < -0.4 is 10.2 Å². The van der Waals surface area contributed by atoms with E-state index in [1.165, 1.54) is 44.9 Å². The second-order valence-electron chi connectivity index (χ2n) is 6.22. The Morgan fingerprint density at radius 3 is 2.63 bits per heavy atom. The fourth-order valence-electron chi connectivity index (χ4n) is 3.87. The number of rotatable bonds is 2. The van der Waals surface area contributed by atoms with Gasteiger partial charge in [-0.25, -0.2) is 0 Å². The molecule has 3 unspecified atom stereocenters. The van der Waals surface area contributed by atoms with Gasteiger partial charge in [0.05, 0.1) is 5.92 Å². The third-order valence-corrected chi connectivity index (χ3v) is 4.94. The van der Waals surface area contributed by atoms with Gasteiger partial charge in [0, 0.05) is 25.2 Å². The van der Waals surface area contributed by atoms with Crippen molar-refractivity contribution in [2.24, 2.45) is 0 Å². The molecule has 1 N–H and O–H groups in total. The van der Waals surface area contributed by atoms with E-state index < -0.39 is 0 Å². The Balaban J connectivity index is 1.49. The Labute approximate surface area is 113 Å². The summed E-state index contributed by atoms with van der Waals surface area (Å²) in [6, 6.07) is 1.26. The molecule has 2 bridgehead atoms. The number of anilines is 1. The zero-order valence-electron chi connectivity index (χ0n) is 11.3. The monoisotopic (exact) mass is 262 g/mol. The maximum atomic E-state index is 5.55. The molecular formula is C14H22N4O. The molecule has 19 heavy (non-hydrogen) atoms. The first-order valence-corrected chi connectivity index (χ1v) is 7.75. The standard InChI is InChI=1S/C14H22N4O/c1-2-4-8-18(7-3-1)14-16-13(19-17-14)11-9-10-5-6-12(11)15-10/h10-12,15H,1-9H2. The van der Waals surface area contributed by atoms with Crippen molar-refractivity contribution in [3.8, 4) is 0 Å². The van der Waals surface area contributed by atoms with Gasteiger partial charge in [0.15, 0.2) is 0 Å². The van der Waals surface area contributed by atoms with Crippen LogP contribution in [0.4, 0.5) is 5.95 Å². The molecule has 3 aliphatic heterocycles. The van der Waals surface area contributed by atoms with Crippen LogP contribution in [0.3, 0.4) is 0 Å². The number of nitrogens with one attached hydrogen (secondary N) is 1. The van der Waals surface area contributed by atoms with E-state index >= 15 is 0 Å². The van der Waals surface area contributed by atoms with Crippen LogP contribution in [0, 0.1) is 0 Å². The van der Waals surface area contributed by atoms with E-state index in [9.17, 15) is 0 Å². The summed E-state index contributed by atoms with van der Waals surface area (Å²) >= 11 is 0. The third kappa shape index (κ3) is 2.14. The molecule has 3 atom stereocenters. The van der Waals surface area contributed by atoms with Gasteiger partial charge in [-0.1, -0.05) is 12.8 Å². The molecule has 4 heterocycles. The highest BCUT2D eigenvalue weighted by Crippen LogP contribution is 2.39. The van der Waals surface area contributed by atoms with Gasteiger partial charge in [-0.2, -0.15) is 4.98 Å². The molecule has 0 saturated carbocycles. The van der Waals surface area contributed by atoms with Crippen LogP contribution in [-0.4, -0.2) is 35.3 Å². The van der Waals surface area contributed by atoms with E-state index in [1.54, 1.807) is 0 Å². The topological polar surface area (TPSA) is 54.2 Å². The van der Waals surface area contributed by atoms with Gasteiger partial charge in [0.1, 0.15) is 0 Å². The highest BCUT2D eigenvalue weighted by Gasteiger charge is 2.42. The number of nitrogens with zero attached hydrogens (tertiary/aromatic N) is 3. The number of hydrogen-bond donors (Lipinski definition) is 1. The quantitative estimate of drug-likeness (QED) is 0.884. The Morgan fingerprint density at radius 2 is 1.95 bits per heavy atom. The Morgan fingerprint density at radius 1 is 1.11 bits per heavy atom. The van der Waals surface area contributed by atoms with Crippen LogP contribution in [-0.2, 0) is 0 Å². The van der Waals surface area contributed by atoms with E-state index in [-0.39, 0.29) is 0 Å². The molecule has 5 nitrogen and oxygen atoms in total. The smallest absolute Gasteiger partial charge is 0.266 e. The molecule has 0 radical (unpaired) electrons. The number of fused-ring (bicyclic) bond motifs is 2. The van der Waals surface area contributed by atoms with Crippen molar-refractivity contribution in [1.29, 1.82) is 0 Å². The lowest BCUT2D eigenvalue weighted by atomic mass is 9.89. The molecular weight excluding hydrogens is 240 g/mol. The van der Waals surface area contributed by atoms with Crippen molar-refractivity contribution in [3.05, 3.63) is 5.89 Å². The minimum absolute atomic E-state index is 0.451. The molecule has 104 valence electrons. The lowest BCUT2D eigenvalue weighted by Crippen LogP contribution is -2.25. The molecule has 3 aliphatic rings. The molecule has 5 heteroatoms. The summed E-state index contributed by atoms with van der Waals surface area (Å²) in [7, 11) is 0. The number of hydrogen-bond acceptors (Lipinski definition) is 5. The number of aromatic nitrogens is 2. The molecule has 4 rings (SSSR count). The van der Waals surface area contributed by atoms with Crippen LogP contribution in [0.25, 0.3) is 0 Å². The van der Waals surface area contributed by atoms with Crippen LogP contribution in [0.2, 0.25) is 0 Å². The van der Waals surface area contributed by atoms with Crippen LogP contribution in [0.1, 0.15) is 56.8 Å². The predicted octanol–water partition coefficient (Wildman–Crippen LogP) is 2.06. The first kappa shape index (κ1) is 11.7. The minimum Gasteiger partial charge on any atom is -0.338 e. The molecule has 1 aromatic heterocycles. The van der Waals surface area contributed by atoms with Gasteiger partial charge in [-0.15, -0.1) is 0 Å². The van der Waals surface area contributed by atoms with Gasteiger partial charge in [0.25, 0.3) is 5.95 Å². The van der Waals surface area contributed by atoms with Gasteiger partial charge in [0.2, 0.25) is 5.89 Å². The van der Waals surface area contributed by atoms with Crippen molar-refractivity contribution in [2.45, 2.75) is 62.9 Å². The second-order valence-corrected chi connectivity index (χ2v) is 6.22. The summed E-state index contributed by atoms with van der Waals surface area (Å²) in [5.41, 5.74) is 0. The Hall–Kier alpha value is -1.10. The lowest BCUT2D eigenvalue weighted by Gasteiger charge is -2.17. The summed E-state index contributed by atoms with van der Waals surface area (Å²) in [5, 5.41) is 7.86. The maximum absolute atomic E-state index is 5.55. The van der Waals surface area contributed by atoms with E-state index in [0.717, 1.165) is 24.9 Å². The second kappa shape index (κ2) is 4.78. The fraction of sp³-hybridized carbons (Fsp3) is 0.857. The fourth-order valence-corrected chi connectivity index (χ4v) is 3.87. The van der Waals surface area contributed by atoms with Crippen LogP contribution in [0.15, 0.2) is 4.52 Å². The molecule has 0 spiro atoms. The van der Waals surface area contributed by atoms with Crippen molar-refractivity contribution in [2.75, 3.05) is 18.0 Å². The van der Waals surface area contributed by atoms with Gasteiger partial charge < -0.3 is 14.7 Å². The average Bonchev–Trinajstić information content (AvgIpc) is 3.11. The van der Waals surface area contributed by atoms with Crippen molar-refractivity contribution >= 4 is 5.95 Å². The molecule has 3 saturated heterocycles. The van der Waals surface area contributed by atoms with Crippen LogP contribution in [0.5, 0.6) is 0 Å². The largest absolute Gasteiger partial charge is 0.338 e. The third-order valence-electron chi connectivity index (χ3n) is 4.94. The molecule has 0 aliphatic carbocycles. The van der Waals surface area contributed by atoms with Gasteiger partial charge in [-0.3, -0.25) is 0 Å². The SMILES string of the molecule is C1CCCN(c2noc(C3CC4CCC3N4)n2)CC1. The first-order chi connectivity index (χ1) is 9.40. The predicted molar refractivity (Wildman–Crippen MR) is 72.3 cm³/mol. The molecule has 0 aromatic carbocycles. The summed E-state index contributed by atoms with van der Waals surface area (Å²) in [6.45, 7) is 2.15. The summed E-state index contributed by atoms with van der Waals surface area (Å²) in [5.74, 6) is 2.13. The molecule has 1 aromatic rings.